The van der Waals surface area contributed by atoms with Crippen LogP contribution in [0.1, 0.15) is 23.6 Å². The summed E-state index contributed by atoms with van der Waals surface area (Å²) in [7, 11) is 0. The van der Waals surface area contributed by atoms with Gasteiger partial charge in [0.25, 0.3) is 0 Å². The number of nitrogens with zero attached hydrogens (tertiary/aromatic N) is 1. The highest BCUT2D eigenvalue weighted by atomic mass is 19.3. The number of alkyl halides is 2. The minimum atomic E-state index is -2.95. The number of halogens is 2. The highest BCUT2D eigenvalue weighted by Crippen LogP contribution is 2.30. The molecule has 0 aromatic heterocycles. The van der Waals surface area contributed by atoms with Gasteiger partial charge in [0.15, 0.2) is 11.5 Å². The molecule has 0 spiro atoms. The van der Waals surface area contributed by atoms with Crippen LogP contribution in [0.2, 0.25) is 0 Å². The standard InChI is InChI=1S/C20H18F2N2O3/c1-2-26-18-11-14(7-9-17(18)27-20(21)22)8-10-19(25)24-13-16-5-3-15(12-23)4-6-16/h3-11,20H,2,13H2,1H3,(H,24,25)/b10-8+. The van der Waals surface area contributed by atoms with Crippen molar-refractivity contribution < 1.29 is 23.0 Å². The van der Waals surface area contributed by atoms with E-state index in [9.17, 15) is 13.6 Å². The predicted octanol–water partition coefficient (Wildman–Crippen LogP) is 3.89. The molecule has 0 heterocycles. The molecule has 1 amide bonds. The van der Waals surface area contributed by atoms with Gasteiger partial charge >= 0.3 is 6.61 Å². The Morgan fingerprint density at radius 1 is 1.22 bits per heavy atom. The molecule has 140 valence electrons. The van der Waals surface area contributed by atoms with Crippen molar-refractivity contribution in [2.75, 3.05) is 6.61 Å². The number of nitrogens with one attached hydrogen (secondary N) is 1. The smallest absolute Gasteiger partial charge is 0.387 e. The van der Waals surface area contributed by atoms with E-state index >= 15 is 0 Å². The monoisotopic (exact) mass is 372 g/mol. The van der Waals surface area contributed by atoms with E-state index in [0.29, 0.717) is 17.7 Å². The zero-order valence-corrected chi connectivity index (χ0v) is 14.6. The Bertz CT molecular complexity index is 843. The van der Waals surface area contributed by atoms with E-state index in [0.717, 1.165) is 5.56 Å². The topological polar surface area (TPSA) is 71.3 Å². The Morgan fingerprint density at radius 2 is 1.96 bits per heavy atom. The largest absolute Gasteiger partial charge is 0.490 e. The van der Waals surface area contributed by atoms with Gasteiger partial charge < -0.3 is 14.8 Å². The maximum absolute atomic E-state index is 12.4. The summed E-state index contributed by atoms with van der Waals surface area (Å²) in [4.78, 5) is 11.9. The van der Waals surface area contributed by atoms with E-state index in [1.54, 1.807) is 43.3 Å². The van der Waals surface area contributed by atoms with Crippen molar-refractivity contribution in [1.82, 2.24) is 5.32 Å². The van der Waals surface area contributed by atoms with Crippen molar-refractivity contribution in [3.8, 4) is 17.6 Å². The van der Waals surface area contributed by atoms with Gasteiger partial charge in [-0.25, -0.2) is 0 Å². The third-order valence-corrected chi connectivity index (χ3v) is 3.46. The quantitative estimate of drug-likeness (QED) is 0.714. The molecule has 0 atom stereocenters. The third-order valence-electron chi connectivity index (χ3n) is 3.46. The number of carbonyl (C=O) groups is 1. The van der Waals surface area contributed by atoms with Gasteiger partial charge in [0.2, 0.25) is 5.91 Å². The summed E-state index contributed by atoms with van der Waals surface area (Å²) < 4.78 is 34.5. The molecule has 0 unspecified atom stereocenters. The second-order valence-electron chi connectivity index (χ2n) is 5.38. The van der Waals surface area contributed by atoms with Gasteiger partial charge in [-0.2, -0.15) is 14.0 Å². The summed E-state index contributed by atoms with van der Waals surface area (Å²) in [6.07, 6.45) is 2.88. The van der Waals surface area contributed by atoms with Crippen LogP contribution in [0.15, 0.2) is 48.5 Å². The number of rotatable bonds is 8. The van der Waals surface area contributed by atoms with Crippen LogP contribution >= 0.6 is 0 Å². The molecule has 0 saturated heterocycles. The summed E-state index contributed by atoms with van der Waals surface area (Å²) in [6.45, 7) is -0.609. The van der Waals surface area contributed by atoms with Crippen LogP contribution in [-0.4, -0.2) is 19.1 Å². The van der Waals surface area contributed by atoms with E-state index in [2.05, 4.69) is 10.1 Å². The first kappa shape index (κ1) is 19.9. The van der Waals surface area contributed by atoms with Crippen LogP contribution in [0.5, 0.6) is 11.5 Å². The number of hydrogen-bond acceptors (Lipinski definition) is 4. The second kappa shape index (κ2) is 9.92. The van der Waals surface area contributed by atoms with Gasteiger partial charge in [-0.15, -0.1) is 0 Å². The zero-order valence-electron chi connectivity index (χ0n) is 14.6. The van der Waals surface area contributed by atoms with Gasteiger partial charge in [-0.3, -0.25) is 4.79 Å². The molecule has 7 heteroatoms. The lowest BCUT2D eigenvalue weighted by molar-refractivity contribution is -0.116. The van der Waals surface area contributed by atoms with Crippen LogP contribution in [0.25, 0.3) is 6.08 Å². The Kier molecular flexibility index (Phi) is 7.32. The van der Waals surface area contributed by atoms with Gasteiger partial charge in [0.1, 0.15) is 0 Å². The summed E-state index contributed by atoms with van der Waals surface area (Å²) in [6, 6.07) is 13.3. The summed E-state index contributed by atoms with van der Waals surface area (Å²) in [5.74, 6) is -0.197. The average molecular weight is 372 g/mol. The van der Waals surface area contributed by atoms with Crippen LogP contribution in [0.4, 0.5) is 8.78 Å². The number of nitriles is 1. The van der Waals surface area contributed by atoms with Crippen LogP contribution in [0.3, 0.4) is 0 Å². The summed E-state index contributed by atoms with van der Waals surface area (Å²) in [5, 5.41) is 11.5. The van der Waals surface area contributed by atoms with E-state index < -0.39 is 6.61 Å². The van der Waals surface area contributed by atoms with E-state index in [4.69, 9.17) is 10.00 Å². The number of hydrogen-bond donors (Lipinski definition) is 1. The van der Waals surface area contributed by atoms with E-state index in [1.807, 2.05) is 6.07 Å². The molecule has 0 fully saturated rings. The van der Waals surface area contributed by atoms with Crippen molar-refractivity contribution in [3.63, 3.8) is 0 Å². The molecule has 27 heavy (non-hydrogen) atoms. The Hall–Kier alpha value is -3.40. The van der Waals surface area contributed by atoms with Crippen molar-refractivity contribution >= 4 is 12.0 Å². The number of carbonyl (C=O) groups excluding carboxylic acids is 1. The van der Waals surface area contributed by atoms with Gasteiger partial charge in [-0.1, -0.05) is 18.2 Å². The lowest BCUT2D eigenvalue weighted by atomic mass is 10.1. The van der Waals surface area contributed by atoms with Crippen molar-refractivity contribution in [3.05, 3.63) is 65.2 Å². The van der Waals surface area contributed by atoms with Gasteiger partial charge in [0, 0.05) is 12.6 Å². The summed E-state index contributed by atoms with van der Waals surface area (Å²) in [5.41, 5.74) is 2.02. The molecule has 0 aliphatic rings. The number of ether oxygens (including phenoxy) is 2. The van der Waals surface area contributed by atoms with Crippen LogP contribution in [0, 0.1) is 11.3 Å². The Morgan fingerprint density at radius 3 is 2.59 bits per heavy atom. The fraction of sp³-hybridized carbons (Fsp3) is 0.200. The number of benzene rings is 2. The molecule has 0 bridgehead atoms. The normalized spacial score (nSPS) is 10.6. The first-order valence-corrected chi connectivity index (χ1v) is 8.18. The number of amides is 1. The van der Waals surface area contributed by atoms with Crippen molar-refractivity contribution in [2.24, 2.45) is 0 Å². The second-order valence-corrected chi connectivity index (χ2v) is 5.38. The fourth-order valence-electron chi connectivity index (χ4n) is 2.21. The molecule has 0 saturated carbocycles. The predicted molar refractivity (Wildman–Crippen MR) is 96.3 cm³/mol. The molecule has 2 rings (SSSR count). The molecule has 0 aliphatic carbocycles. The van der Waals surface area contributed by atoms with Crippen LogP contribution in [-0.2, 0) is 11.3 Å². The maximum Gasteiger partial charge on any atom is 0.387 e. The molecule has 1 N–H and O–H groups in total. The third kappa shape index (κ3) is 6.44. The average Bonchev–Trinajstić information content (AvgIpc) is 2.66. The molecular formula is C20H18F2N2O3. The Balaban J connectivity index is 1.97. The fourth-order valence-corrected chi connectivity index (χ4v) is 2.21. The SMILES string of the molecule is CCOc1cc(/C=C/C(=O)NCc2ccc(C#N)cc2)ccc1OC(F)F. The molecular weight excluding hydrogens is 354 g/mol. The van der Waals surface area contributed by atoms with Crippen molar-refractivity contribution in [1.29, 1.82) is 5.26 Å². The lowest BCUT2D eigenvalue weighted by Crippen LogP contribution is -2.20. The molecule has 2 aromatic rings. The maximum atomic E-state index is 12.4. The van der Waals surface area contributed by atoms with Gasteiger partial charge in [0.05, 0.1) is 18.2 Å². The zero-order chi connectivity index (χ0) is 19.6. The molecule has 0 radical (unpaired) electrons. The molecule has 0 aliphatic heterocycles. The van der Waals surface area contributed by atoms with Crippen LogP contribution < -0.4 is 14.8 Å². The van der Waals surface area contributed by atoms with Gasteiger partial charge in [-0.05, 0) is 48.4 Å². The first-order valence-electron chi connectivity index (χ1n) is 8.18. The van der Waals surface area contributed by atoms with E-state index in [-0.39, 0.29) is 24.0 Å². The minimum Gasteiger partial charge on any atom is -0.490 e. The molecule has 2 aromatic carbocycles. The highest BCUT2D eigenvalue weighted by Gasteiger charge is 2.11. The summed E-state index contributed by atoms with van der Waals surface area (Å²) >= 11 is 0. The molecule has 5 nitrogen and oxygen atoms in total. The minimum absolute atomic E-state index is 0.0609. The first-order chi connectivity index (χ1) is 13.0. The van der Waals surface area contributed by atoms with Crippen molar-refractivity contribution in [2.45, 2.75) is 20.1 Å². The highest BCUT2D eigenvalue weighted by molar-refractivity contribution is 5.91. The lowest BCUT2D eigenvalue weighted by Gasteiger charge is -2.11. The van der Waals surface area contributed by atoms with E-state index in [1.165, 1.54) is 18.2 Å². The Labute approximate surface area is 155 Å².